The number of methoxy groups -OCH3 is 3. The van der Waals surface area contributed by atoms with Gasteiger partial charge in [-0.15, -0.1) is 5.10 Å². The van der Waals surface area contributed by atoms with Crippen LogP contribution in [0.5, 0.6) is 17.2 Å². The molecule has 0 radical (unpaired) electrons. The fourth-order valence-electron chi connectivity index (χ4n) is 3.52. The number of nitrogens with zero attached hydrogens (tertiary/aromatic N) is 3. The summed E-state index contributed by atoms with van der Waals surface area (Å²) in [4.78, 5) is 26.9. The van der Waals surface area contributed by atoms with Crippen molar-refractivity contribution in [1.29, 1.82) is 0 Å². The molecule has 0 aliphatic carbocycles. The fraction of sp³-hybridized carbons (Fsp3) is 0.154. The van der Waals surface area contributed by atoms with Crippen LogP contribution in [-0.2, 0) is 4.79 Å². The number of benzene rings is 2. The lowest BCUT2D eigenvalue weighted by atomic mass is 10.1. The molecule has 1 N–H and O–H groups in total. The SMILES string of the molecule is CC(=O)O.COc1cc(-c2nc3sc(=Cc4ccc(-c5cccc(Cl)c5)o4)c(=O)n3n2)cc(OC)c1OC. The van der Waals surface area contributed by atoms with Gasteiger partial charge < -0.3 is 23.7 Å². The minimum absolute atomic E-state index is 0.285. The highest BCUT2D eigenvalue weighted by Crippen LogP contribution is 2.40. The molecule has 0 saturated heterocycles. The number of ether oxygens (including phenoxy) is 3. The molecule has 5 aromatic rings. The molecule has 5 rings (SSSR count). The average Bonchev–Trinajstić information content (AvgIpc) is 3.60. The van der Waals surface area contributed by atoms with E-state index in [4.69, 9.17) is 40.1 Å². The highest BCUT2D eigenvalue weighted by atomic mass is 35.5. The number of hydrogen-bond donors (Lipinski definition) is 1. The molecule has 0 aliphatic heterocycles. The van der Waals surface area contributed by atoms with E-state index in [0.29, 0.717) is 54.7 Å². The second-order valence-electron chi connectivity index (χ2n) is 7.69. The van der Waals surface area contributed by atoms with Gasteiger partial charge in [0.15, 0.2) is 17.3 Å². The van der Waals surface area contributed by atoms with Gasteiger partial charge in [0.2, 0.25) is 10.7 Å². The van der Waals surface area contributed by atoms with Gasteiger partial charge in [0.05, 0.1) is 21.3 Å². The Balaban J connectivity index is 0.000000786. The Morgan fingerprint density at radius 1 is 1.05 bits per heavy atom. The number of thiazole rings is 1. The zero-order valence-corrected chi connectivity index (χ0v) is 22.3. The maximum atomic E-state index is 13.0. The Morgan fingerprint density at radius 3 is 2.32 bits per heavy atom. The fourth-order valence-corrected chi connectivity index (χ4v) is 4.60. The van der Waals surface area contributed by atoms with E-state index in [1.807, 2.05) is 24.3 Å². The number of rotatable bonds is 6. The number of carboxylic acid groups (broad SMARTS) is 1. The van der Waals surface area contributed by atoms with E-state index in [9.17, 15) is 4.79 Å². The van der Waals surface area contributed by atoms with Crippen molar-refractivity contribution in [3.8, 4) is 40.0 Å². The largest absolute Gasteiger partial charge is 0.493 e. The predicted octanol–water partition coefficient (Wildman–Crippen LogP) is 4.40. The summed E-state index contributed by atoms with van der Waals surface area (Å²) < 4.78 is 23.8. The third-order valence-corrected chi connectivity index (χ3v) is 6.31. The number of hydrogen-bond acceptors (Lipinski definition) is 9. The summed E-state index contributed by atoms with van der Waals surface area (Å²) in [5, 5.41) is 12.4. The minimum Gasteiger partial charge on any atom is -0.493 e. The van der Waals surface area contributed by atoms with Gasteiger partial charge in [-0.2, -0.15) is 9.50 Å². The van der Waals surface area contributed by atoms with E-state index < -0.39 is 5.97 Å². The lowest BCUT2D eigenvalue weighted by Crippen LogP contribution is -2.23. The molecule has 0 unspecified atom stereocenters. The number of furan rings is 1. The van der Waals surface area contributed by atoms with Gasteiger partial charge in [-0.25, -0.2) is 0 Å². The number of carboxylic acids is 1. The van der Waals surface area contributed by atoms with Gasteiger partial charge in [0.25, 0.3) is 11.5 Å². The highest BCUT2D eigenvalue weighted by molar-refractivity contribution is 7.15. The van der Waals surface area contributed by atoms with Crippen molar-refractivity contribution >= 4 is 39.9 Å². The first-order valence-corrected chi connectivity index (χ1v) is 12.2. The van der Waals surface area contributed by atoms with Crippen LogP contribution in [-0.4, -0.2) is 47.0 Å². The molecule has 10 nitrogen and oxygen atoms in total. The van der Waals surface area contributed by atoms with E-state index in [2.05, 4.69) is 10.1 Å². The second-order valence-corrected chi connectivity index (χ2v) is 9.14. The predicted molar refractivity (Wildman–Crippen MR) is 143 cm³/mol. The van der Waals surface area contributed by atoms with Crippen LogP contribution in [0.2, 0.25) is 5.02 Å². The summed E-state index contributed by atoms with van der Waals surface area (Å²) in [5.74, 6) is 2.15. The molecule has 0 fully saturated rings. The third-order valence-electron chi connectivity index (χ3n) is 5.11. The van der Waals surface area contributed by atoms with Crippen LogP contribution in [0.15, 0.2) is 57.7 Å². The number of halogens is 1. The van der Waals surface area contributed by atoms with Crippen LogP contribution in [0.1, 0.15) is 12.7 Å². The van der Waals surface area contributed by atoms with E-state index in [1.165, 1.54) is 37.2 Å². The quantitative estimate of drug-likeness (QED) is 0.324. The number of carbonyl (C=O) groups is 1. The van der Waals surface area contributed by atoms with Gasteiger partial charge in [0.1, 0.15) is 16.1 Å². The van der Waals surface area contributed by atoms with Crippen molar-refractivity contribution in [2.75, 3.05) is 21.3 Å². The molecule has 0 saturated carbocycles. The first-order valence-electron chi connectivity index (χ1n) is 11.0. The summed E-state index contributed by atoms with van der Waals surface area (Å²) in [6, 6.07) is 14.5. The normalized spacial score (nSPS) is 11.2. The first-order chi connectivity index (χ1) is 18.2. The Labute approximate surface area is 225 Å². The van der Waals surface area contributed by atoms with Gasteiger partial charge in [-0.3, -0.25) is 9.59 Å². The molecule has 3 heterocycles. The summed E-state index contributed by atoms with van der Waals surface area (Å²) in [5.41, 5.74) is 1.20. The van der Waals surface area contributed by atoms with E-state index in [1.54, 1.807) is 30.3 Å². The van der Waals surface area contributed by atoms with E-state index in [-0.39, 0.29) is 5.56 Å². The number of aliphatic carboxylic acids is 1. The summed E-state index contributed by atoms with van der Waals surface area (Å²) in [6.45, 7) is 1.08. The standard InChI is InChI=1S/C24H18ClN3O5S.C2H4O2/c1-30-18-10-14(11-19(31-2)21(18)32-3)22-26-24-28(27-22)23(29)20(34-24)12-16-7-8-17(33-16)13-5-4-6-15(25)9-13;1-2(3)4/h4-12H,1-3H3;1H3,(H,3,4). The smallest absolute Gasteiger partial charge is 0.300 e. The van der Waals surface area contributed by atoms with Crippen LogP contribution < -0.4 is 24.3 Å². The zero-order valence-electron chi connectivity index (χ0n) is 20.7. The van der Waals surface area contributed by atoms with Gasteiger partial charge >= 0.3 is 0 Å². The van der Waals surface area contributed by atoms with Crippen LogP contribution >= 0.6 is 22.9 Å². The second kappa shape index (κ2) is 11.4. The average molecular weight is 556 g/mol. The van der Waals surface area contributed by atoms with E-state index in [0.717, 1.165) is 12.5 Å². The molecular weight excluding hydrogens is 534 g/mol. The summed E-state index contributed by atoms with van der Waals surface area (Å²) in [7, 11) is 4.60. The maximum Gasteiger partial charge on any atom is 0.300 e. The van der Waals surface area contributed by atoms with Crippen LogP contribution in [0.3, 0.4) is 0 Å². The van der Waals surface area contributed by atoms with Crippen LogP contribution in [0.25, 0.3) is 33.7 Å². The Hall–Kier alpha value is -4.35. The third kappa shape index (κ3) is 5.63. The van der Waals surface area contributed by atoms with Gasteiger partial charge in [0, 0.05) is 29.1 Å². The molecule has 0 aliphatic rings. The molecule has 12 heteroatoms. The van der Waals surface area contributed by atoms with Crippen molar-refractivity contribution in [3.05, 3.63) is 74.2 Å². The lowest BCUT2D eigenvalue weighted by Gasteiger charge is -2.12. The van der Waals surface area contributed by atoms with Gasteiger partial charge in [-0.05, 0) is 36.4 Å². The Kier molecular flexibility index (Phi) is 7.99. The van der Waals surface area contributed by atoms with Gasteiger partial charge in [-0.1, -0.05) is 35.1 Å². The van der Waals surface area contributed by atoms with Crippen molar-refractivity contribution < 1.29 is 28.5 Å². The Bertz CT molecular complexity index is 1700. The maximum absolute atomic E-state index is 13.0. The summed E-state index contributed by atoms with van der Waals surface area (Å²) in [6.07, 6.45) is 1.68. The van der Waals surface area contributed by atoms with Crippen molar-refractivity contribution in [2.45, 2.75) is 6.92 Å². The minimum atomic E-state index is -0.833. The van der Waals surface area contributed by atoms with Crippen molar-refractivity contribution in [2.24, 2.45) is 0 Å². The van der Waals surface area contributed by atoms with E-state index >= 15 is 0 Å². The first kappa shape index (κ1) is 26.7. The number of aromatic nitrogens is 3. The Morgan fingerprint density at radius 2 is 1.74 bits per heavy atom. The molecule has 196 valence electrons. The topological polar surface area (TPSA) is 125 Å². The molecule has 2 aromatic carbocycles. The molecule has 0 atom stereocenters. The summed E-state index contributed by atoms with van der Waals surface area (Å²) >= 11 is 7.29. The highest BCUT2D eigenvalue weighted by Gasteiger charge is 2.18. The molecule has 0 bridgehead atoms. The monoisotopic (exact) mass is 555 g/mol. The zero-order chi connectivity index (χ0) is 27.4. The molecule has 0 amide bonds. The van der Waals surface area contributed by atoms with Crippen molar-refractivity contribution in [3.63, 3.8) is 0 Å². The molecular formula is C26H22ClN3O7S. The molecule has 38 heavy (non-hydrogen) atoms. The van der Waals surface area contributed by atoms with Crippen LogP contribution in [0.4, 0.5) is 0 Å². The van der Waals surface area contributed by atoms with Crippen molar-refractivity contribution in [1.82, 2.24) is 14.6 Å². The molecule has 3 aromatic heterocycles. The number of fused-ring (bicyclic) bond motifs is 1. The van der Waals surface area contributed by atoms with Crippen LogP contribution in [0, 0.1) is 0 Å². The molecule has 0 spiro atoms. The lowest BCUT2D eigenvalue weighted by molar-refractivity contribution is -0.134.